The van der Waals surface area contributed by atoms with Gasteiger partial charge in [-0.2, -0.15) is 5.26 Å². The van der Waals surface area contributed by atoms with Crippen molar-refractivity contribution in [2.24, 2.45) is 0 Å². The van der Waals surface area contributed by atoms with E-state index in [9.17, 15) is 5.11 Å². The molecule has 1 aromatic carbocycles. The molecule has 0 radical (unpaired) electrons. The van der Waals surface area contributed by atoms with E-state index in [4.69, 9.17) is 14.7 Å². The first kappa shape index (κ1) is 15.6. The van der Waals surface area contributed by atoms with Crippen LogP contribution >= 0.6 is 0 Å². The third-order valence-electron chi connectivity index (χ3n) is 3.43. The predicted octanol–water partition coefficient (Wildman–Crippen LogP) is 0.672. The van der Waals surface area contributed by atoms with E-state index in [1.54, 1.807) is 25.3 Å². The Kier molecular flexibility index (Phi) is 5.81. The predicted molar refractivity (Wildman–Crippen MR) is 79.5 cm³/mol. The average molecular weight is 291 g/mol. The maximum atomic E-state index is 10.1. The zero-order valence-electron chi connectivity index (χ0n) is 12.2. The monoisotopic (exact) mass is 291 g/mol. The van der Waals surface area contributed by atoms with Gasteiger partial charge in [-0.1, -0.05) is 0 Å². The normalized spacial score (nSPS) is 17.0. The standard InChI is InChI=1S/C15H21N3O3/c1-20-15-8-12(9-16)2-3-14(15)17-10-13(19)11-18-4-6-21-7-5-18/h2-3,8,13,17,19H,4-7,10-11H2,1H3. The van der Waals surface area contributed by atoms with Crippen molar-refractivity contribution in [2.75, 3.05) is 51.8 Å². The summed E-state index contributed by atoms with van der Waals surface area (Å²) in [6, 6.07) is 7.26. The van der Waals surface area contributed by atoms with Crippen LogP contribution in [0.2, 0.25) is 0 Å². The van der Waals surface area contributed by atoms with Crippen molar-refractivity contribution in [1.82, 2.24) is 4.90 Å². The molecule has 6 heteroatoms. The van der Waals surface area contributed by atoms with Gasteiger partial charge in [-0.25, -0.2) is 0 Å². The summed E-state index contributed by atoms with van der Waals surface area (Å²) < 4.78 is 10.5. The van der Waals surface area contributed by atoms with Crippen LogP contribution in [0.4, 0.5) is 5.69 Å². The van der Waals surface area contributed by atoms with E-state index in [1.807, 2.05) is 0 Å². The highest BCUT2D eigenvalue weighted by atomic mass is 16.5. The zero-order valence-corrected chi connectivity index (χ0v) is 12.2. The van der Waals surface area contributed by atoms with Gasteiger partial charge in [0.1, 0.15) is 5.75 Å². The molecule has 0 saturated carbocycles. The van der Waals surface area contributed by atoms with Gasteiger partial charge in [0.25, 0.3) is 0 Å². The number of morpholine rings is 1. The van der Waals surface area contributed by atoms with E-state index >= 15 is 0 Å². The quantitative estimate of drug-likeness (QED) is 0.802. The van der Waals surface area contributed by atoms with Crippen molar-refractivity contribution in [3.63, 3.8) is 0 Å². The Morgan fingerprint density at radius 3 is 2.90 bits per heavy atom. The van der Waals surface area contributed by atoms with Crippen LogP contribution in [0.1, 0.15) is 5.56 Å². The molecule has 0 aromatic heterocycles. The molecule has 0 amide bonds. The molecule has 1 saturated heterocycles. The van der Waals surface area contributed by atoms with Gasteiger partial charge in [-0.05, 0) is 12.1 Å². The van der Waals surface area contributed by atoms with E-state index in [0.717, 1.165) is 32.0 Å². The van der Waals surface area contributed by atoms with Crippen molar-refractivity contribution < 1.29 is 14.6 Å². The number of ether oxygens (including phenoxy) is 2. The van der Waals surface area contributed by atoms with Gasteiger partial charge in [0.05, 0.1) is 43.7 Å². The molecule has 0 spiro atoms. The molecule has 114 valence electrons. The van der Waals surface area contributed by atoms with Gasteiger partial charge < -0.3 is 19.9 Å². The second-order valence-corrected chi connectivity index (χ2v) is 4.97. The number of β-amino-alcohol motifs (C(OH)–C–C–N with tert-alkyl or cyclic N) is 1. The van der Waals surface area contributed by atoms with Gasteiger partial charge in [0, 0.05) is 32.2 Å². The first-order valence-corrected chi connectivity index (χ1v) is 7.03. The van der Waals surface area contributed by atoms with Crippen molar-refractivity contribution in [3.05, 3.63) is 23.8 Å². The van der Waals surface area contributed by atoms with Crippen molar-refractivity contribution in [2.45, 2.75) is 6.10 Å². The van der Waals surface area contributed by atoms with Crippen LogP contribution < -0.4 is 10.1 Å². The SMILES string of the molecule is COc1cc(C#N)ccc1NCC(O)CN1CCOCC1. The number of aliphatic hydroxyl groups excluding tert-OH is 1. The second kappa shape index (κ2) is 7.84. The van der Waals surface area contributed by atoms with Crippen LogP contribution in [-0.4, -0.2) is 62.6 Å². The lowest BCUT2D eigenvalue weighted by molar-refractivity contribution is 0.0171. The first-order valence-electron chi connectivity index (χ1n) is 7.03. The molecule has 1 aliphatic rings. The van der Waals surface area contributed by atoms with E-state index in [-0.39, 0.29) is 0 Å². The maximum absolute atomic E-state index is 10.1. The Bertz CT molecular complexity index is 495. The fourth-order valence-corrected chi connectivity index (χ4v) is 2.28. The molecule has 21 heavy (non-hydrogen) atoms. The first-order chi connectivity index (χ1) is 10.2. The largest absolute Gasteiger partial charge is 0.495 e. The van der Waals surface area contributed by atoms with Gasteiger partial charge >= 0.3 is 0 Å². The maximum Gasteiger partial charge on any atom is 0.143 e. The number of aliphatic hydroxyl groups is 1. The molecule has 6 nitrogen and oxygen atoms in total. The van der Waals surface area contributed by atoms with Crippen LogP contribution in [0.3, 0.4) is 0 Å². The fourth-order valence-electron chi connectivity index (χ4n) is 2.28. The number of nitrogens with zero attached hydrogens (tertiary/aromatic N) is 2. The van der Waals surface area contributed by atoms with Crippen LogP contribution in [0.25, 0.3) is 0 Å². The van der Waals surface area contributed by atoms with E-state index in [2.05, 4.69) is 16.3 Å². The number of benzene rings is 1. The van der Waals surface area contributed by atoms with E-state index < -0.39 is 6.10 Å². The summed E-state index contributed by atoms with van der Waals surface area (Å²) in [6.07, 6.45) is -0.469. The van der Waals surface area contributed by atoms with E-state index in [1.165, 1.54) is 0 Å². The van der Waals surface area contributed by atoms with Gasteiger partial charge in [-0.3, -0.25) is 4.90 Å². The summed E-state index contributed by atoms with van der Waals surface area (Å²) in [6.45, 7) is 4.22. The number of hydrogen-bond donors (Lipinski definition) is 2. The molecule has 2 N–H and O–H groups in total. The van der Waals surface area contributed by atoms with Crippen molar-refractivity contribution >= 4 is 5.69 Å². The van der Waals surface area contributed by atoms with Crippen LogP contribution in [0.5, 0.6) is 5.75 Å². The summed E-state index contributed by atoms with van der Waals surface area (Å²) in [7, 11) is 1.56. The average Bonchev–Trinajstić information content (AvgIpc) is 2.53. The van der Waals surface area contributed by atoms with Crippen LogP contribution in [0, 0.1) is 11.3 Å². The minimum absolute atomic E-state index is 0.430. The molecular weight excluding hydrogens is 270 g/mol. The molecule has 1 heterocycles. The minimum Gasteiger partial charge on any atom is -0.495 e. The summed E-state index contributed by atoms with van der Waals surface area (Å²) >= 11 is 0. The Balaban J connectivity index is 1.85. The summed E-state index contributed by atoms with van der Waals surface area (Å²) in [5, 5.41) is 22.1. The highest BCUT2D eigenvalue weighted by molar-refractivity contribution is 5.59. The van der Waals surface area contributed by atoms with Crippen LogP contribution in [0.15, 0.2) is 18.2 Å². The third kappa shape index (κ3) is 4.60. The molecule has 1 fully saturated rings. The molecule has 1 aliphatic heterocycles. The Labute approximate surface area is 124 Å². The molecule has 0 bridgehead atoms. The topological polar surface area (TPSA) is 77.8 Å². The summed E-state index contributed by atoms with van der Waals surface area (Å²) in [5.41, 5.74) is 1.32. The van der Waals surface area contributed by atoms with E-state index in [0.29, 0.717) is 24.4 Å². The fraction of sp³-hybridized carbons (Fsp3) is 0.533. The highest BCUT2D eigenvalue weighted by Gasteiger charge is 2.15. The summed E-state index contributed by atoms with van der Waals surface area (Å²) in [5.74, 6) is 0.604. The number of nitriles is 1. The molecule has 1 unspecified atom stereocenters. The van der Waals surface area contributed by atoms with Gasteiger partial charge in [-0.15, -0.1) is 0 Å². The van der Waals surface area contributed by atoms with Crippen LogP contribution in [-0.2, 0) is 4.74 Å². The van der Waals surface area contributed by atoms with Gasteiger partial charge in [0.2, 0.25) is 0 Å². The number of hydrogen-bond acceptors (Lipinski definition) is 6. The van der Waals surface area contributed by atoms with Gasteiger partial charge in [0.15, 0.2) is 0 Å². The number of methoxy groups -OCH3 is 1. The molecule has 1 atom stereocenters. The Morgan fingerprint density at radius 1 is 1.48 bits per heavy atom. The van der Waals surface area contributed by atoms with Crippen molar-refractivity contribution in [1.29, 1.82) is 5.26 Å². The molecule has 1 aromatic rings. The Morgan fingerprint density at radius 2 is 2.24 bits per heavy atom. The molecule has 2 rings (SSSR count). The number of anilines is 1. The van der Waals surface area contributed by atoms with Crippen molar-refractivity contribution in [3.8, 4) is 11.8 Å². The summed E-state index contributed by atoms with van der Waals surface area (Å²) in [4.78, 5) is 2.19. The lowest BCUT2D eigenvalue weighted by Crippen LogP contribution is -2.42. The lowest BCUT2D eigenvalue weighted by Gasteiger charge is -2.28. The molecule has 0 aliphatic carbocycles. The zero-order chi connectivity index (χ0) is 15.1. The number of rotatable bonds is 6. The lowest BCUT2D eigenvalue weighted by atomic mass is 10.2. The Hall–Kier alpha value is -1.81. The number of nitrogens with one attached hydrogen (secondary N) is 1. The molecular formula is C15H21N3O3. The third-order valence-corrected chi connectivity index (χ3v) is 3.43. The minimum atomic E-state index is -0.469. The second-order valence-electron chi connectivity index (χ2n) is 4.97. The highest BCUT2D eigenvalue weighted by Crippen LogP contribution is 2.25. The smallest absolute Gasteiger partial charge is 0.143 e.